The maximum absolute atomic E-state index is 5.32. The van der Waals surface area contributed by atoms with Crippen LogP contribution in [0.4, 0.5) is 0 Å². The first kappa shape index (κ1) is 13.4. The van der Waals surface area contributed by atoms with Crippen LogP contribution in [0.15, 0.2) is 5.10 Å². The lowest BCUT2D eigenvalue weighted by Gasteiger charge is -2.15. The Morgan fingerprint density at radius 1 is 1.43 bits per heavy atom. The topological polar surface area (TPSA) is 50.4 Å². The molecule has 4 heteroatoms. The van der Waals surface area contributed by atoms with Gasteiger partial charge in [0.25, 0.3) is 0 Å². The fraction of sp³-hybridized carbons (Fsp3) is 0.800. The van der Waals surface area contributed by atoms with Gasteiger partial charge < -0.3 is 5.73 Å². The van der Waals surface area contributed by atoms with Crippen LogP contribution >= 0.6 is 12.2 Å². The molecule has 0 aromatic rings. The van der Waals surface area contributed by atoms with E-state index in [-0.39, 0.29) is 5.11 Å². The quantitative estimate of drug-likeness (QED) is 0.406. The molecule has 0 radical (unpaired) electrons. The fourth-order valence-corrected chi connectivity index (χ4v) is 1.59. The molecule has 0 saturated carbocycles. The molecule has 82 valence electrons. The highest BCUT2D eigenvalue weighted by Crippen LogP contribution is 2.14. The first-order valence-corrected chi connectivity index (χ1v) is 5.68. The molecule has 0 aromatic heterocycles. The first-order valence-electron chi connectivity index (χ1n) is 5.27. The molecule has 0 aliphatic rings. The summed E-state index contributed by atoms with van der Waals surface area (Å²) in [4.78, 5) is 0. The zero-order chi connectivity index (χ0) is 11.0. The summed E-state index contributed by atoms with van der Waals surface area (Å²) in [5, 5.41) is 4.47. The van der Waals surface area contributed by atoms with Gasteiger partial charge in [-0.1, -0.05) is 27.2 Å². The van der Waals surface area contributed by atoms with Gasteiger partial charge in [0.2, 0.25) is 0 Å². The van der Waals surface area contributed by atoms with E-state index in [1.807, 2.05) is 0 Å². The smallest absolute Gasteiger partial charge is 0.184 e. The Labute approximate surface area is 92.1 Å². The van der Waals surface area contributed by atoms with E-state index in [4.69, 9.17) is 18.0 Å². The van der Waals surface area contributed by atoms with Crippen molar-refractivity contribution in [3.63, 3.8) is 0 Å². The molecule has 14 heavy (non-hydrogen) atoms. The molecule has 0 aliphatic carbocycles. The van der Waals surface area contributed by atoms with Crippen molar-refractivity contribution in [1.29, 1.82) is 0 Å². The summed E-state index contributed by atoms with van der Waals surface area (Å²) in [7, 11) is 0. The minimum atomic E-state index is 0.238. The van der Waals surface area contributed by atoms with E-state index in [9.17, 15) is 0 Å². The number of nitrogens with two attached hydrogens (primary N) is 1. The van der Waals surface area contributed by atoms with Crippen LogP contribution in [-0.2, 0) is 0 Å². The third-order valence-corrected chi connectivity index (χ3v) is 2.36. The highest BCUT2D eigenvalue weighted by Gasteiger charge is 2.11. The van der Waals surface area contributed by atoms with Crippen LogP contribution in [0.3, 0.4) is 0 Å². The summed E-state index contributed by atoms with van der Waals surface area (Å²) in [6.07, 6.45) is 4.44. The van der Waals surface area contributed by atoms with Crippen molar-refractivity contribution in [3.05, 3.63) is 0 Å². The zero-order valence-corrected chi connectivity index (χ0v) is 10.2. The number of hydrogen-bond acceptors (Lipinski definition) is 2. The standard InChI is InChI=1S/C10H21N3S/c1-4-7-8(5-2)9(6-3)12-13-10(11)14/h8H,4-7H2,1-3H3,(H3,11,13,14)/b12-9-. The van der Waals surface area contributed by atoms with Gasteiger partial charge >= 0.3 is 0 Å². The minimum Gasteiger partial charge on any atom is -0.375 e. The van der Waals surface area contributed by atoms with Crippen molar-refractivity contribution in [2.45, 2.75) is 46.5 Å². The molecule has 0 aromatic carbocycles. The number of rotatable bonds is 6. The average molecular weight is 215 g/mol. The van der Waals surface area contributed by atoms with Gasteiger partial charge in [-0.25, -0.2) is 0 Å². The summed E-state index contributed by atoms with van der Waals surface area (Å²) < 4.78 is 0. The van der Waals surface area contributed by atoms with E-state index in [1.165, 1.54) is 18.6 Å². The summed E-state index contributed by atoms with van der Waals surface area (Å²) in [5.41, 5.74) is 9.16. The van der Waals surface area contributed by atoms with Crippen molar-refractivity contribution in [1.82, 2.24) is 5.43 Å². The number of hydrogen-bond donors (Lipinski definition) is 2. The van der Waals surface area contributed by atoms with Gasteiger partial charge in [-0.05, 0) is 37.4 Å². The minimum absolute atomic E-state index is 0.238. The summed E-state index contributed by atoms with van der Waals surface area (Å²) in [6.45, 7) is 6.49. The summed E-state index contributed by atoms with van der Waals surface area (Å²) in [5.74, 6) is 0.562. The molecule has 0 fully saturated rings. The number of thiocarbonyl (C=S) groups is 1. The molecule has 0 rings (SSSR count). The molecule has 0 heterocycles. The molecule has 0 aliphatic heterocycles. The number of nitrogens with one attached hydrogen (secondary N) is 1. The highest BCUT2D eigenvalue weighted by atomic mass is 32.1. The molecule has 3 nitrogen and oxygen atoms in total. The average Bonchev–Trinajstić information content (AvgIpc) is 2.16. The second kappa shape index (κ2) is 7.74. The molecule has 0 saturated heterocycles. The number of nitrogens with zero attached hydrogens (tertiary/aromatic N) is 1. The Bertz CT molecular complexity index is 202. The van der Waals surface area contributed by atoms with Gasteiger partial charge in [0.15, 0.2) is 5.11 Å². The Kier molecular flexibility index (Phi) is 7.38. The third-order valence-electron chi connectivity index (χ3n) is 2.27. The maximum atomic E-state index is 5.32. The monoisotopic (exact) mass is 215 g/mol. The van der Waals surface area contributed by atoms with Gasteiger partial charge in [-0.3, -0.25) is 5.43 Å². The third kappa shape index (κ3) is 5.17. The molecule has 1 unspecified atom stereocenters. The van der Waals surface area contributed by atoms with Gasteiger partial charge in [0.05, 0.1) is 0 Å². The van der Waals surface area contributed by atoms with Crippen LogP contribution in [0, 0.1) is 5.92 Å². The zero-order valence-electron chi connectivity index (χ0n) is 9.34. The van der Waals surface area contributed by atoms with Crippen molar-refractivity contribution in [3.8, 4) is 0 Å². The van der Waals surface area contributed by atoms with E-state index in [0.717, 1.165) is 12.8 Å². The van der Waals surface area contributed by atoms with E-state index in [1.54, 1.807) is 0 Å². The summed E-state index contributed by atoms with van der Waals surface area (Å²) >= 11 is 4.71. The van der Waals surface area contributed by atoms with Gasteiger partial charge in [0.1, 0.15) is 0 Å². The van der Waals surface area contributed by atoms with E-state index in [2.05, 4.69) is 31.3 Å². The van der Waals surface area contributed by atoms with Crippen LogP contribution in [0.25, 0.3) is 0 Å². The van der Waals surface area contributed by atoms with Crippen LogP contribution in [-0.4, -0.2) is 10.8 Å². The molecule has 1 atom stereocenters. The number of hydrazone groups is 1. The van der Waals surface area contributed by atoms with Gasteiger partial charge in [0, 0.05) is 5.71 Å². The highest BCUT2D eigenvalue weighted by molar-refractivity contribution is 7.80. The SMILES string of the molecule is CCCC(CC)/C(CC)=N\NC(N)=S. The molecular formula is C10H21N3S. The van der Waals surface area contributed by atoms with Crippen molar-refractivity contribution in [2.24, 2.45) is 16.8 Å². The molecule has 0 bridgehead atoms. The molecule has 0 spiro atoms. The second-order valence-corrected chi connectivity index (χ2v) is 3.77. The maximum Gasteiger partial charge on any atom is 0.184 e. The fourth-order valence-electron chi connectivity index (χ4n) is 1.54. The normalized spacial score (nSPS) is 13.8. The predicted octanol–water partition coefficient (Wildman–Crippen LogP) is 2.41. The lowest BCUT2D eigenvalue weighted by molar-refractivity contribution is 0.583. The molecule has 0 amide bonds. The Balaban J connectivity index is 4.33. The summed E-state index contributed by atoms with van der Waals surface area (Å²) in [6, 6.07) is 0. The van der Waals surface area contributed by atoms with Crippen LogP contribution in [0.5, 0.6) is 0 Å². The van der Waals surface area contributed by atoms with Gasteiger partial charge in [-0.2, -0.15) is 5.10 Å². The van der Waals surface area contributed by atoms with E-state index < -0.39 is 0 Å². The second-order valence-electron chi connectivity index (χ2n) is 3.33. The van der Waals surface area contributed by atoms with E-state index >= 15 is 0 Å². The van der Waals surface area contributed by atoms with Crippen molar-refractivity contribution >= 4 is 23.0 Å². The Morgan fingerprint density at radius 2 is 2.07 bits per heavy atom. The van der Waals surface area contributed by atoms with Crippen molar-refractivity contribution < 1.29 is 0 Å². The largest absolute Gasteiger partial charge is 0.375 e. The lowest BCUT2D eigenvalue weighted by Crippen LogP contribution is -2.27. The predicted molar refractivity (Wildman–Crippen MR) is 66.3 cm³/mol. The lowest BCUT2D eigenvalue weighted by atomic mass is 9.94. The Morgan fingerprint density at radius 3 is 2.43 bits per heavy atom. The molecule has 3 N–H and O–H groups in total. The molecular weight excluding hydrogens is 194 g/mol. The van der Waals surface area contributed by atoms with Crippen LogP contribution < -0.4 is 11.2 Å². The van der Waals surface area contributed by atoms with Gasteiger partial charge in [-0.15, -0.1) is 0 Å². The van der Waals surface area contributed by atoms with Crippen molar-refractivity contribution in [2.75, 3.05) is 0 Å². The first-order chi connectivity index (χ1) is 6.65. The van der Waals surface area contributed by atoms with E-state index in [0.29, 0.717) is 5.92 Å². The van der Waals surface area contributed by atoms with Crippen LogP contribution in [0.1, 0.15) is 46.5 Å². The van der Waals surface area contributed by atoms with Crippen LogP contribution in [0.2, 0.25) is 0 Å². The Hall–Kier alpha value is -0.640.